The number of nitrogens with one attached hydrogen (secondary N) is 1. The minimum atomic E-state index is 0.570. The zero-order chi connectivity index (χ0) is 9.26. The van der Waals surface area contributed by atoms with Crippen molar-refractivity contribution in [2.45, 2.75) is 38.8 Å². The van der Waals surface area contributed by atoms with E-state index in [0.29, 0.717) is 12.1 Å². The number of aryl methyl sites for hydroxylation is 1. The fourth-order valence-electron chi connectivity index (χ4n) is 2.06. The molecule has 0 aliphatic heterocycles. The molecule has 69 valence electrons. The molecule has 0 aromatic heterocycles. The van der Waals surface area contributed by atoms with Crippen molar-refractivity contribution < 1.29 is 0 Å². The van der Waals surface area contributed by atoms with Gasteiger partial charge in [0, 0.05) is 12.1 Å². The molecule has 1 aromatic rings. The van der Waals surface area contributed by atoms with Crippen LogP contribution in [0.5, 0.6) is 0 Å². The largest absolute Gasteiger partial charge is 0.308 e. The summed E-state index contributed by atoms with van der Waals surface area (Å²) >= 11 is 0. The molecule has 1 aliphatic rings. The topological polar surface area (TPSA) is 12.0 Å². The van der Waals surface area contributed by atoms with E-state index in [1.165, 1.54) is 24.0 Å². The zero-order valence-electron chi connectivity index (χ0n) is 8.30. The molecule has 1 nitrogen and oxygen atoms in total. The minimum Gasteiger partial charge on any atom is -0.308 e. The molecule has 1 aromatic carbocycles. The number of rotatable bonds is 2. The highest BCUT2D eigenvalue weighted by Gasteiger charge is 2.21. The Hall–Kier alpha value is -0.820. The van der Waals surface area contributed by atoms with Gasteiger partial charge in [-0.05, 0) is 30.0 Å². The van der Waals surface area contributed by atoms with E-state index in [-0.39, 0.29) is 0 Å². The second-order valence-electron chi connectivity index (χ2n) is 4.04. The summed E-state index contributed by atoms with van der Waals surface area (Å²) in [6.07, 6.45) is 2.45. The van der Waals surface area contributed by atoms with Crippen molar-refractivity contribution in [1.29, 1.82) is 0 Å². The lowest BCUT2D eigenvalue weighted by Gasteiger charge is -2.16. The molecular weight excluding hydrogens is 158 g/mol. The highest BCUT2D eigenvalue weighted by atomic mass is 14.9. The summed E-state index contributed by atoms with van der Waals surface area (Å²) in [6.45, 7) is 4.40. The van der Waals surface area contributed by atoms with Gasteiger partial charge >= 0.3 is 0 Å². The van der Waals surface area contributed by atoms with Gasteiger partial charge in [0.1, 0.15) is 0 Å². The standard InChI is InChI=1S/C12H16N/c1-9(2)13-12-8-7-10-5-3-4-6-11(10)12/h4-6,9,12-13H,7-8H2,1-2H3. The fraction of sp³-hybridized carbons (Fsp3) is 0.500. The van der Waals surface area contributed by atoms with Gasteiger partial charge in [0.15, 0.2) is 0 Å². The molecule has 1 heteroatoms. The monoisotopic (exact) mass is 174 g/mol. The third kappa shape index (κ3) is 1.75. The van der Waals surface area contributed by atoms with Crippen LogP contribution in [-0.4, -0.2) is 6.04 Å². The van der Waals surface area contributed by atoms with Crippen LogP contribution in [0.15, 0.2) is 18.2 Å². The first-order valence-electron chi connectivity index (χ1n) is 5.02. The van der Waals surface area contributed by atoms with Crippen molar-refractivity contribution >= 4 is 0 Å². The minimum absolute atomic E-state index is 0.570. The van der Waals surface area contributed by atoms with E-state index in [2.05, 4.69) is 37.4 Å². The number of fused-ring (bicyclic) bond motifs is 1. The molecule has 1 atom stereocenters. The Morgan fingerprint density at radius 1 is 1.54 bits per heavy atom. The van der Waals surface area contributed by atoms with Crippen molar-refractivity contribution in [2.75, 3.05) is 0 Å². The van der Waals surface area contributed by atoms with Crippen molar-refractivity contribution in [1.82, 2.24) is 5.32 Å². The van der Waals surface area contributed by atoms with Gasteiger partial charge < -0.3 is 5.32 Å². The fourth-order valence-corrected chi connectivity index (χ4v) is 2.06. The molecule has 0 saturated heterocycles. The van der Waals surface area contributed by atoms with Crippen LogP contribution in [0, 0.1) is 6.07 Å². The third-order valence-corrected chi connectivity index (χ3v) is 2.60. The Bertz CT molecular complexity index is 291. The van der Waals surface area contributed by atoms with Gasteiger partial charge in [0.05, 0.1) is 0 Å². The van der Waals surface area contributed by atoms with E-state index in [1.807, 2.05) is 6.07 Å². The van der Waals surface area contributed by atoms with Crippen LogP contribution in [-0.2, 0) is 6.42 Å². The SMILES string of the molecule is CC(C)NC1CCc2c[c]ccc21. The molecule has 0 spiro atoms. The van der Waals surface area contributed by atoms with E-state index < -0.39 is 0 Å². The molecule has 0 saturated carbocycles. The maximum atomic E-state index is 3.58. The second-order valence-corrected chi connectivity index (χ2v) is 4.04. The van der Waals surface area contributed by atoms with Crippen LogP contribution in [0.3, 0.4) is 0 Å². The van der Waals surface area contributed by atoms with Crippen LogP contribution >= 0.6 is 0 Å². The summed E-state index contributed by atoms with van der Waals surface area (Å²) in [4.78, 5) is 0. The molecule has 1 N–H and O–H groups in total. The molecule has 1 radical (unpaired) electrons. The van der Waals surface area contributed by atoms with Crippen LogP contribution in [0.4, 0.5) is 0 Å². The van der Waals surface area contributed by atoms with Crippen LogP contribution in [0.1, 0.15) is 37.4 Å². The number of benzene rings is 1. The van der Waals surface area contributed by atoms with Crippen LogP contribution < -0.4 is 5.32 Å². The Labute approximate surface area is 80.2 Å². The predicted molar refractivity (Wildman–Crippen MR) is 54.6 cm³/mol. The molecule has 2 rings (SSSR count). The molecule has 0 amide bonds. The summed E-state index contributed by atoms with van der Waals surface area (Å²) in [5, 5.41) is 3.58. The average molecular weight is 174 g/mol. The third-order valence-electron chi connectivity index (χ3n) is 2.60. The van der Waals surface area contributed by atoms with Crippen molar-refractivity contribution in [3.05, 3.63) is 35.4 Å². The summed E-state index contributed by atoms with van der Waals surface area (Å²) < 4.78 is 0. The normalized spacial score (nSPS) is 20.7. The molecular formula is C12H16N. The van der Waals surface area contributed by atoms with Gasteiger partial charge in [-0.1, -0.05) is 32.0 Å². The Morgan fingerprint density at radius 2 is 2.38 bits per heavy atom. The lowest BCUT2D eigenvalue weighted by Crippen LogP contribution is -2.26. The summed E-state index contributed by atoms with van der Waals surface area (Å²) in [6, 6.07) is 10.6. The Balaban J connectivity index is 2.18. The molecule has 0 fully saturated rings. The van der Waals surface area contributed by atoms with E-state index in [4.69, 9.17) is 0 Å². The van der Waals surface area contributed by atoms with Gasteiger partial charge in [-0.15, -0.1) is 0 Å². The average Bonchev–Trinajstić information content (AvgIpc) is 2.48. The molecule has 1 aliphatic carbocycles. The smallest absolute Gasteiger partial charge is 0.0328 e. The number of hydrogen-bond acceptors (Lipinski definition) is 1. The summed E-state index contributed by atoms with van der Waals surface area (Å²) in [5.74, 6) is 0. The summed E-state index contributed by atoms with van der Waals surface area (Å²) in [5.41, 5.74) is 2.95. The molecule has 1 unspecified atom stereocenters. The van der Waals surface area contributed by atoms with Crippen LogP contribution in [0.2, 0.25) is 0 Å². The van der Waals surface area contributed by atoms with Crippen LogP contribution in [0.25, 0.3) is 0 Å². The highest BCUT2D eigenvalue weighted by molar-refractivity contribution is 5.33. The second kappa shape index (κ2) is 3.51. The first kappa shape index (κ1) is 8.76. The maximum Gasteiger partial charge on any atom is 0.0328 e. The predicted octanol–water partition coefficient (Wildman–Crippen LogP) is 2.47. The Morgan fingerprint density at radius 3 is 3.15 bits per heavy atom. The zero-order valence-corrected chi connectivity index (χ0v) is 8.30. The van der Waals surface area contributed by atoms with Gasteiger partial charge in [-0.2, -0.15) is 0 Å². The van der Waals surface area contributed by atoms with E-state index in [1.54, 1.807) is 0 Å². The quantitative estimate of drug-likeness (QED) is 0.726. The van der Waals surface area contributed by atoms with Gasteiger partial charge in [-0.25, -0.2) is 0 Å². The Kier molecular flexibility index (Phi) is 2.36. The first-order valence-corrected chi connectivity index (χ1v) is 5.02. The van der Waals surface area contributed by atoms with E-state index >= 15 is 0 Å². The first-order chi connectivity index (χ1) is 6.27. The van der Waals surface area contributed by atoms with Gasteiger partial charge in [0.2, 0.25) is 0 Å². The van der Waals surface area contributed by atoms with Crippen molar-refractivity contribution in [3.8, 4) is 0 Å². The van der Waals surface area contributed by atoms with Gasteiger partial charge in [0.25, 0.3) is 0 Å². The van der Waals surface area contributed by atoms with Crippen molar-refractivity contribution in [3.63, 3.8) is 0 Å². The summed E-state index contributed by atoms with van der Waals surface area (Å²) in [7, 11) is 0. The van der Waals surface area contributed by atoms with E-state index in [9.17, 15) is 0 Å². The molecule has 13 heavy (non-hydrogen) atoms. The lowest BCUT2D eigenvalue weighted by molar-refractivity contribution is 0.475. The van der Waals surface area contributed by atoms with Crippen molar-refractivity contribution in [2.24, 2.45) is 0 Å². The number of hydrogen-bond donors (Lipinski definition) is 1. The molecule has 0 bridgehead atoms. The van der Waals surface area contributed by atoms with E-state index in [0.717, 1.165) is 0 Å². The lowest BCUT2D eigenvalue weighted by atomic mass is 10.1. The van der Waals surface area contributed by atoms with Gasteiger partial charge in [-0.3, -0.25) is 0 Å². The molecule has 0 heterocycles. The maximum absolute atomic E-state index is 3.58. The highest BCUT2D eigenvalue weighted by Crippen LogP contribution is 2.30.